The molecule has 1 N–H and O–H groups in total. The second kappa shape index (κ2) is 5.33. The first kappa shape index (κ1) is 12.6. The zero-order valence-electron chi connectivity index (χ0n) is 11.7. The highest BCUT2D eigenvalue weighted by molar-refractivity contribution is 5.81. The van der Waals surface area contributed by atoms with Gasteiger partial charge >= 0.3 is 0 Å². The van der Waals surface area contributed by atoms with Crippen LogP contribution >= 0.6 is 0 Å². The van der Waals surface area contributed by atoms with Crippen LogP contribution in [0.3, 0.4) is 0 Å². The van der Waals surface area contributed by atoms with Crippen LogP contribution in [0.4, 0.5) is 5.69 Å². The summed E-state index contributed by atoms with van der Waals surface area (Å²) in [5.41, 5.74) is 3.85. The summed E-state index contributed by atoms with van der Waals surface area (Å²) in [4.78, 5) is 12.4. The van der Waals surface area contributed by atoms with Crippen LogP contribution in [0.2, 0.25) is 0 Å². The van der Waals surface area contributed by atoms with Crippen LogP contribution in [0.1, 0.15) is 5.76 Å². The molecule has 0 aliphatic heterocycles. The number of aliphatic imine (C=N–C) groups is 1. The van der Waals surface area contributed by atoms with Crippen molar-refractivity contribution in [2.75, 3.05) is 0 Å². The van der Waals surface area contributed by atoms with Gasteiger partial charge in [-0.2, -0.15) is 0 Å². The fourth-order valence-electron chi connectivity index (χ4n) is 2.33. The van der Waals surface area contributed by atoms with Crippen molar-refractivity contribution in [3.63, 3.8) is 0 Å². The van der Waals surface area contributed by atoms with E-state index in [9.17, 15) is 0 Å². The molecule has 0 aliphatic rings. The van der Waals surface area contributed by atoms with Gasteiger partial charge in [0.15, 0.2) is 0 Å². The first-order valence-electron chi connectivity index (χ1n) is 7.01. The summed E-state index contributed by atoms with van der Waals surface area (Å²) in [7, 11) is 0. The van der Waals surface area contributed by atoms with E-state index in [0.717, 1.165) is 33.9 Å². The minimum Gasteiger partial charge on any atom is -0.463 e. The molecule has 4 heteroatoms. The fraction of sp³-hybridized carbons (Fsp3) is 0. The van der Waals surface area contributed by atoms with Crippen molar-refractivity contribution in [2.45, 2.75) is 0 Å². The average molecular weight is 287 g/mol. The van der Waals surface area contributed by atoms with E-state index < -0.39 is 0 Å². The van der Waals surface area contributed by atoms with Crippen molar-refractivity contribution >= 4 is 22.9 Å². The number of furan rings is 1. The second-order valence-corrected chi connectivity index (χ2v) is 4.93. The predicted octanol–water partition coefficient (Wildman–Crippen LogP) is 4.57. The third-order valence-corrected chi connectivity index (χ3v) is 3.39. The molecule has 22 heavy (non-hydrogen) atoms. The second-order valence-electron chi connectivity index (χ2n) is 4.93. The maximum absolute atomic E-state index is 5.24. The van der Waals surface area contributed by atoms with Crippen LogP contribution in [0.15, 0.2) is 76.3 Å². The lowest BCUT2D eigenvalue weighted by Crippen LogP contribution is -1.80. The largest absolute Gasteiger partial charge is 0.463 e. The van der Waals surface area contributed by atoms with Crippen LogP contribution < -0.4 is 0 Å². The Kier molecular flexibility index (Phi) is 3.05. The molecule has 0 fully saturated rings. The first-order chi connectivity index (χ1) is 10.9. The summed E-state index contributed by atoms with van der Waals surface area (Å²) >= 11 is 0. The number of fused-ring (bicyclic) bond motifs is 1. The van der Waals surface area contributed by atoms with E-state index in [1.165, 1.54) is 0 Å². The molecular weight excluding hydrogens is 274 g/mol. The van der Waals surface area contributed by atoms with E-state index in [-0.39, 0.29) is 0 Å². The van der Waals surface area contributed by atoms with Gasteiger partial charge in [0.05, 0.1) is 29.2 Å². The molecular formula is C18H13N3O. The van der Waals surface area contributed by atoms with E-state index in [0.29, 0.717) is 0 Å². The topological polar surface area (TPSA) is 54.2 Å². The number of H-pyrrole nitrogens is 1. The van der Waals surface area contributed by atoms with Crippen molar-refractivity contribution in [1.29, 1.82) is 0 Å². The number of benzene rings is 2. The summed E-state index contributed by atoms with van der Waals surface area (Å²) in [6.45, 7) is 0. The number of nitrogens with one attached hydrogen (secondary N) is 1. The Hall–Kier alpha value is -3.14. The number of rotatable bonds is 3. The third kappa shape index (κ3) is 2.42. The number of imidazole rings is 1. The van der Waals surface area contributed by atoms with Gasteiger partial charge in [0, 0.05) is 5.56 Å². The molecule has 2 heterocycles. The highest BCUT2D eigenvalue weighted by atomic mass is 16.3. The molecule has 2 aromatic carbocycles. The number of aromatic nitrogens is 2. The van der Waals surface area contributed by atoms with Gasteiger partial charge in [-0.3, -0.25) is 4.99 Å². The van der Waals surface area contributed by atoms with Crippen LogP contribution in [-0.4, -0.2) is 16.2 Å². The molecule has 0 atom stereocenters. The lowest BCUT2D eigenvalue weighted by molar-refractivity contribution is 0.560. The van der Waals surface area contributed by atoms with Gasteiger partial charge in [0.25, 0.3) is 0 Å². The highest BCUT2D eigenvalue weighted by Gasteiger charge is 2.05. The van der Waals surface area contributed by atoms with Crippen molar-refractivity contribution in [3.8, 4) is 11.4 Å². The SMILES string of the molecule is C(=Nc1cccc(-c2nc3ccccc3[nH]2)c1)c1ccco1. The Morgan fingerprint density at radius 1 is 1.00 bits per heavy atom. The standard InChI is InChI=1S/C18H13N3O/c1-2-9-17-16(8-1)20-18(21-17)13-5-3-6-14(11-13)19-12-15-7-4-10-22-15/h1-12H,(H,20,21). The van der Waals surface area contributed by atoms with Gasteiger partial charge in [-0.05, 0) is 36.4 Å². The molecule has 0 saturated carbocycles. The number of hydrogen-bond acceptors (Lipinski definition) is 3. The predicted molar refractivity (Wildman–Crippen MR) is 87.5 cm³/mol. The summed E-state index contributed by atoms with van der Waals surface area (Å²) in [6, 6.07) is 19.6. The zero-order chi connectivity index (χ0) is 14.8. The molecule has 2 aromatic heterocycles. The van der Waals surface area contributed by atoms with Gasteiger partial charge in [-0.1, -0.05) is 24.3 Å². The zero-order valence-corrected chi connectivity index (χ0v) is 11.7. The van der Waals surface area contributed by atoms with Crippen molar-refractivity contribution in [2.24, 2.45) is 4.99 Å². The molecule has 4 rings (SSSR count). The quantitative estimate of drug-likeness (QED) is 0.561. The van der Waals surface area contributed by atoms with Crippen molar-refractivity contribution in [3.05, 3.63) is 72.7 Å². The first-order valence-corrected chi connectivity index (χ1v) is 7.01. The molecule has 0 bridgehead atoms. The molecule has 106 valence electrons. The average Bonchev–Trinajstić information content (AvgIpc) is 3.22. The Labute approximate surface area is 127 Å². The molecule has 4 nitrogen and oxygen atoms in total. The van der Waals surface area contributed by atoms with Crippen LogP contribution in [-0.2, 0) is 0 Å². The van der Waals surface area contributed by atoms with E-state index in [4.69, 9.17) is 4.42 Å². The number of nitrogens with zero attached hydrogens (tertiary/aromatic N) is 2. The van der Waals surface area contributed by atoms with Gasteiger partial charge < -0.3 is 9.40 Å². The maximum atomic E-state index is 5.24. The van der Waals surface area contributed by atoms with E-state index in [1.54, 1.807) is 12.5 Å². The lowest BCUT2D eigenvalue weighted by Gasteiger charge is -1.98. The van der Waals surface area contributed by atoms with Gasteiger partial charge in [0.2, 0.25) is 0 Å². The summed E-state index contributed by atoms with van der Waals surface area (Å²) < 4.78 is 5.24. The molecule has 4 aromatic rings. The van der Waals surface area contributed by atoms with E-state index >= 15 is 0 Å². The van der Waals surface area contributed by atoms with Gasteiger partial charge in [-0.25, -0.2) is 4.98 Å². The number of hydrogen-bond donors (Lipinski definition) is 1. The summed E-state index contributed by atoms with van der Waals surface area (Å²) in [6.07, 6.45) is 3.34. The minimum absolute atomic E-state index is 0.731. The maximum Gasteiger partial charge on any atom is 0.144 e. The van der Waals surface area contributed by atoms with Crippen LogP contribution in [0, 0.1) is 0 Å². The summed E-state index contributed by atoms with van der Waals surface area (Å²) in [5.74, 6) is 1.57. The van der Waals surface area contributed by atoms with E-state index in [1.807, 2.05) is 60.7 Å². The Morgan fingerprint density at radius 2 is 1.95 bits per heavy atom. The number of aromatic amines is 1. The molecule has 0 spiro atoms. The molecule has 0 aliphatic carbocycles. The fourth-order valence-corrected chi connectivity index (χ4v) is 2.33. The van der Waals surface area contributed by atoms with E-state index in [2.05, 4.69) is 15.0 Å². The number of para-hydroxylation sites is 2. The van der Waals surface area contributed by atoms with Crippen LogP contribution in [0.5, 0.6) is 0 Å². The third-order valence-electron chi connectivity index (χ3n) is 3.39. The Balaban J connectivity index is 1.69. The summed E-state index contributed by atoms with van der Waals surface area (Å²) in [5, 5.41) is 0. The van der Waals surface area contributed by atoms with Gasteiger partial charge in [0.1, 0.15) is 11.6 Å². The van der Waals surface area contributed by atoms with Gasteiger partial charge in [-0.15, -0.1) is 0 Å². The monoisotopic (exact) mass is 287 g/mol. The van der Waals surface area contributed by atoms with Crippen LogP contribution in [0.25, 0.3) is 22.4 Å². The Morgan fingerprint density at radius 3 is 2.82 bits per heavy atom. The highest BCUT2D eigenvalue weighted by Crippen LogP contribution is 2.24. The minimum atomic E-state index is 0.731. The van der Waals surface area contributed by atoms with Crippen molar-refractivity contribution < 1.29 is 4.42 Å². The molecule has 0 unspecified atom stereocenters. The Bertz CT molecular complexity index is 903. The lowest BCUT2D eigenvalue weighted by atomic mass is 10.2. The normalized spacial score (nSPS) is 11.5. The van der Waals surface area contributed by atoms with Crippen molar-refractivity contribution in [1.82, 2.24) is 9.97 Å². The molecule has 0 amide bonds. The smallest absolute Gasteiger partial charge is 0.144 e. The molecule has 0 radical (unpaired) electrons. The molecule has 0 saturated heterocycles.